The number of esters is 6. The molecule has 0 saturated heterocycles. The van der Waals surface area contributed by atoms with Crippen LogP contribution in [0.3, 0.4) is 0 Å². The zero-order valence-corrected chi connectivity index (χ0v) is 35.5. The molecule has 0 rings (SSSR count). The van der Waals surface area contributed by atoms with E-state index in [4.69, 9.17) is 48.0 Å². The maximum absolute atomic E-state index is 12.7. The van der Waals surface area contributed by atoms with Crippen molar-refractivity contribution < 1.29 is 94.9 Å². The Balaban J connectivity index is 5.23. The number of rotatable bonds is 32. The fraction of sp³-hybridized carbons (Fsp3) is 0.793. The molecule has 320 valence electrons. The highest BCUT2D eigenvalue weighted by Crippen LogP contribution is 2.36. The Morgan fingerprint density at radius 3 is 1.15 bits per heavy atom. The van der Waals surface area contributed by atoms with E-state index in [1.165, 1.54) is 23.5 Å². The molecule has 0 bridgehead atoms. The van der Waals surface area contributed by atoms with Crippen LogP contribution in [0.25, 0.3) is 0 Å². The van der Waals surface area contributed by atoms with Crippen LogP contribution in [0.2, 0.25) is 0 Å². The van der Waals surface area contributed by atoms with Gasteiger partial charge in [-0.25, -0.2) is 9.13 Å². The number of thioether (sulfide) groups is 2. The van der Waals surface area contributed by atoms with E-state index < -0.39 is 108 Å². The summed E-state index contributed by atoms with van der Waals surface area (Å²) in [6, 6.07) is 0. The molecule has 0 saturated carbocycles. The second kappa shape index (κ2) is 29.6. The lowest BCUT2D eigenvalue weighted by atomic mass is 9.92. The first-order valence-corrected chi connectivity index (χ1v) is 23.1. The molecule has 0 fully saturated rings. The van der Waals surface area contributed by atoms with Gasteiger partial charge in [-0.05, 0) is 0 Å². The third-order valence-electron chi connectivity index (χ3n) is 6.40. The van der Waals surface area contributed by atoms with Crippen LogP contribution < -0.4 is 0 Å². The molecule has 0 amide bonds. The normalized spacial score (nSPS) is 12.9. The molecule has 0 radical (unpaired) electrons. The molecule has 0 aromatic carbocycles. The summed E-state index contributed by atoms with van der Waals surface area (Å²) in [5.41, 5.74) is -1.51. The fourth-order valence-electron chi connectivity index (χ4n) is 3.50. The maximum atomic E-state index is 12.7. The third kappa shape index (κ3) is 30.2. The van der Waals surface area contributed by atoms with E-state index in [2.05, 4.69) is 34.3 Å². The minimum absolute atomic E-state index is 0.0626. The lowest BCUT2D eigenvalue weighted by molar-refractivity contribution is -0.170. The summed E-state index contributed by atoms with van der Waals surface area (Å²) in [5, 5.41) is 0. The molecule has 2 unspecified atom stereocenters. The average Bonchev–Trinajstić information content (AvgIpc) is 3.10. The molecule has 55 heavy (non-hydrogen) atoms. The molecule has 4 N–H and O–H groups in total. The Kier molecular flexibility index (Phi) is 28.8. The highest BCUT2D eigenvalue weighted by atomic mass is 32.2. The Labute approximate surface area is 338 Å². The SMILES string of the molecule is CC(CSCCC(=O)OCC(COC(=O)CCS)(COC(=O)CCS)COC(=O)CCSCC(C)C(=O)OCCOP(=O)(O)O)C(=O)OCCOP(=O)(O)O. The summed E-state index contributed by atoms with van der Waals surface area (Å²) in [7, 11) is -9.37. The first-order valence-electron chi connectivity index (χ1n) is 16.5. The van der Waals surface area contributed by atoms with E-state index in [1.807, 2.05) is 0 Å². The van der Waals surface area contributed by atoms with Gasteiger partial charge in [-0.1, -0.05) is 13.8 Å². The van der Waals surface area contributed by atoms with Crippen LogP contribution in [0.15, 0.2) is 0 Å². The second-order valence-corrected chi connectivity index (χ2v) is 17.2. The van der Waals surface area contributed by atoms with E-state index in [0.717, 1.165) is 0 Å². The van der Waals surface area contributed by atoms with Crippen molar-refractivity contribution in [3.8, 4) is 0 Å². The summed E-state index contributed by atoms with van der Waals surface area (Å²) < 4.78 is 61.2. The van der Waals surface area contributed by atoms with Crippen molar-refractivity contribution in [3.63, 3.8) is 0 Å². The number of thiol groups is 2. The van der Waals surface area contributed by atoms with E-state index in [0.29, 0.717) is 0 Å². The van der Waals surface area contributed by atoms with E-state index in [-0.39, 0.29) is 73.4 Å². The summed E-state index contributed by atoms with van der Waals surface area (Å²) in [4.78, 5) is 109. The first-order chi connectivity index (χ1) is 25.7. The van der Waals surface area contributed by atoms with Gasteiger partial charge in [0.1, 0.15) is 45.1 Å². The monoisotopic (exact) mass is 908 g/mol. The quantitative estimate of drug-likeness (QED) is 0.0184. The standard InChI is InChI=1S/C29H50O20P2S4/c1-21(27(34)42-7-9-48-50(36,37)38)15-54-13-5-25(32)46-19-29(17-44-23(30)3-11-52,18-45-24(31)4-12-53)20-47-26(33)6-14-55-16-22(2)28(35)43-8-10-49-51(39,40)41/h21-22,52-53H,3-20H2,1-2H3,(H2,36,37,38)(H2,39,40,41). The summed E-state index contributed by atoms with van der Waals surface area (Å²) in [5.74, 6) is -3.97. The number of carbonyl (C=O) groups excluding carboxylic acids is 6. The average molecular weight is 909 g/mol. The van der Waals surface area contributed by atoms with Gasteiger partial charge in [0.05, 0.1) is 50.7 Å². The van der Waals surface area contributed by atoms with E-state index in [9.17, 15) is 37.9 Å². The smallest absolute Gasteiger partial charge is 0.465 e. The molecular formula is C29H50O20P2S4. The Hall–Kier alpha value is -1.56. The van der Waals surface area contributed by atoms with Crippen LogP contribution in [0.4, 0.5) is 0 Å². The Bertz CT molecular complexity index is 1200. The van der Waals surface area contributed by atoms with Gasteiger partial charge in [-0.2, -0.15) is 48.8 Å². The van der Waals surface area contributed by atoms with Gasteiger partial charge in [0.2, 0.25) is 0 Å². The molecular weight excluding hydrogens is 859 g/mol. The van der Waals surface area contributed by atoms with Crippen molar-refractivity contribution in [1.29, 1.82) is 0 Å². The number of hydrogen-bond acceptors (Lipinski definition) is 20. The van der Waals surface area contributed by atoms with Crippen LogP contribution in [0.1, 0.15) is 39.5 Å². The van der Waals surface area contributed by atoms with E-state index in [1.54, 1.807) is 13.8 Å². The molecule has 0 aliphatic rings. The first kappa shape index (κ1) is 53.4. The minimum atomic E-state index is -4.69. The fourth-order valence-corrected chi connectivity index (χ4v) is 6.43. The second-order valence-electron chi connectivity index (χ2n) is 11.5. The molecule has 0 heterocycles. The summed E-state index contributed by atoms with van der Waals surface area (Å²) >= 11 is 10.5. The highest BCUT2D eigenvalue weighted by Gasteiger charge is 2.38. The number of hydrogen-bond donors (Lipinski definition) is 6. The van der Waals surface area contributed by atoms with Gasteiger partial charge in [-0.15, -0.1) is 0 Å². The lowest BCUT2D eigenvalue weighted by Gasteiger charge is -2.31. The van der Waals surface area contributed by atoms with Crippen molar-refractivity contribution >= 4 is 100 Å². The predicted octanol–water partition coefficient (Wildman–Crippen LogP) is 1.61. The van der Waals surface area contributed by atoms with E-state index >= 15 is 0 Å². The molecule has 0 aliphatic carbocycles. The lowest BCUT2D eigenvalue weighted by Crippen LogP contribution is -2.44. The van der Waals surface area contributed by atoms with Gasteiger partial charge in [0.15, 0.2) is 0 Å². The van der Waals surface area contributed by atoms with Crippen LogP contribution in [0.5, 0.6) is 0 Å². The summed E-state index contributed by atoms with van der Waals surface area (Å²) in [6.45, 7) is -0.480. The largest absolute Gasteiger partial charge is 0.469 e. The van der Waals surface area contributed by atoms with Crippen LogP contribution in [0, 0.1) is 17.3 Å². The van der Waals surface area contributed by atoms with Crippen molar-refractivity contribution in [2.75, 3.05) is 87.4 Å². The molecule has 2 atom stereocenters. The zero-order valence-electron chi connectivity index (χ0n) is 30.3. The molecule has 0 spiro atoms. The molecule has 0 aromatic heterocycles. The van der Waals surface area contributed by atoms with Gasteiger partial charge < -0.3 is 48.0 Å². The van der Waals surface area contributed by atoms with Crippen LogP contribution in [-0.4, -0.2) is 143 Å². The minimum Gasteiger partial charge on any atom is -0.465 e. The van der Waals surface area contributed by atoms with Crippen LogP contribution >= 0.6 is 64.4 Å². The van der Waals surface area contributed by atoms with Crippen molar-refractivity contribution in [1.82, 2.24) is 0 Å². The summed E-state index contributed by atoms with van der Waals surface area (Å²) in [6.07, 6.45) is -0.372. The molecule has 20 nitrogen and oxygen atoms in total. The molecule has 0 aliphatic heterocycles. The zero-order chi connectivity index (χ0) is 41.9. The number of carbonyl (C=O) groups is 6. The van der Waals surface area contributed by atoms with Crippen molar-refractivity contribution in [3.05, 3.63) is 0 Å². The number of phosphoric ester groups is 2. The van der Waals surface area contributed by atoms with Crippen molar-refractivity contribution in [2.24, 2.45) is 17.3 Å². The number of phosphoric acid groups is 2. The van der Waals surface area contributed by atoms with Crippen molar-refractivity contribution in [2.45, 2.75) is 39.5 Å². The Morgan fingerprint density at radius 2 is 0.855 bits per heavy atom. The molecule has 0 aromatic rings. The van der Waals surface area contributed by atoms with Crippen LogP contribution in [-0.2, 0) is 75.4 Å². The third-order valence-corrected chi connectivity index (χ3v) is 10.3. The maximum Gasteiger partial charge on any atom is 0.469 e. The van der Waals surface area contributed by atoms with Gasteiger partial charge >= 0.3 is 51.5 Å². The highest BCUT2D eigenvalue weighted by molar-refractivity contribution is 7.99. The van der Waals surface area contributed by atoms with Gasteiger partial charge in [0, 0.05) is 34.5 Å². The topological polar surface area (TPSA) is 291 Å². The number of ether oxygens (including phenoxy) is 6. The Morgan fingerprint density at radius 1 is 0.545 bits per heavy atom. The predicted molar refractivity (Wildman–Crippen MR) is 203 cm³/mol. The molecule has 26 heteroatoms. The van der Waals surface area contributed by atoms with Gasteiger partial charge in [-0.3, -0.25) is 37.8 Å². The van der Waals surface area contributed by atoms with Gasteiger partial charge in [0.25, 0.3) is 0 Å².